The first kappa shape index (κ1) is 17.7. The molecule has 1 aromatic heterocycles. The zero-order chi connectivity index (χ0) is 18.7. The van der Waals surface area contributed by atoms with E-state index in [1.54, 1.807) is 7.05 Å². The third kappa shape index (κ3) is 3.31. The van der Waals surface area contributed by atoms with Crippen molar-refractivity contribution in [3.63, 3.8) is 0 Å². The summed E-state index contributed by atoms with van der Waals surface area (Å²) in [4.78, 5) is 12.3. The van der Waals surface area contributed by atoms with Gasteiger partial charge in [-0.25, -0.2) is 4.79 Å². The van der Waals surface area contributed by atoms with Gasteiger partial charge in [0.2, 0.25) is 0 Å². The molecule has 2 aromatic carbocycles. The number of tetrazole rings is 1. The van der Waals surface area contributed by atoms with Crippen molar-refractivity contribution >= 4 is 5.57 Å². The minimum atomic E-state index is -0.306. The van der Waals surface area contributed by atoms with Crippen molar-refractivity contribution in [1.29, 1.82) is 0 Å². The Labute approximate surface area is 152 Å². The number of aryl methyl sites for hydroxylation is 2. The van der Waals surface area contributed by atoms with Crippen molar-refractivity contribution in [2.75, 3.05) is 0 Å². The zero-order valence-corrected chi connectivity index (χ0v) is 15.3. The Balaban J connectivity index is 2.05. The van der Waals surface area contributed by atoms with Crippen LogP contribution in [0.2, 0.25) is 0 Å². The standard InChI is InChI=1S/C20H22N4O2/c1-5-15-9-6-7-12-19(15)26-13-17-16(14(2)3)10-8-11-18(17)24-20(25)23(4)21-22-24/h6-12H,2,5,13H2,1,3-4H3. The van der Waals surface area contributed by atoms with E-state index < -0.39 is 0 Å². The van der Waals surface area contributed by atoms with Crippen molar-refractivity contribution in [1.82, 2.24) is 19.8 Å². The van der Waals surface area contributed by atoms with Crippen LogP contribution in [-0.4, -0.2) is 19.8 Å². The van der Waals surface area contributed by atoms with Crippen molar-refractivity contribution in [3.8, 4) is 11.4 Å². The molecule has 1 heterocycles. The van der Waals surface area contributed by atoms with Crippen LogP contribution in [0.1, 0.15) is 30.5 Å². The fourth-order valence-electron chi connectivity index (χ4n) is 2.88. The summed E-state index contributed by atoms with van der Waals surface area (Å²) in [5.74, 6) is 0.837. The SMILES string of the molecule is C=C(C)c1cccc(-n2nnn(C)c2=O)c1COc1ccccc1CC. The van der Waals surface area contributed by atoms with E-state index in [2.05, 4.69) is 23.9 Å². The number of hydrogen-bond acceptors (Lipinski definition) is 4. The average Bonchev–Trinajstić information content (AvgIpc) is 2.98. The molecule has 0 atom stereocenters. The quantitative estimate of drug-likeness (QED) is 0.685. The summed E-state index contributed by atoms with van der Waals surface area (Å²) in [5, 5.41) is 7.78. The molecule has 0 amide bonds. The predicted octanol–water partition coefficient (Wildman–Crippen LogP) is 3.14. The largest absolute Gasteiger partial charge is 0.489 e. The van der Waals surface area contributed by atoms with Gasteiger partial charge in [-0.05, 0) is 47.0 Å². The van der Waals surface area contributed by atoms with Gasteiger partial charge in [0.25, 0.3) is 0 Å². The van der Waals surface area contributed by atoms with Gasteiger partial charge in [0.05, 0.1) is 5.69 Å². The third-order valence-corrected chi connectivity index (χ3v) is 4.29. The first-order valence-electron chi connectivity index (χ1n) is 8.50. The molecular weight excluding hydrogens is 328 g/mol. The molecule has 6 heteroatoms. The number of allylic oxidation sites excluding steroid dienone is 1. The lowest BCUT2D eigenvalue weighted by Gasteiger charge is -2.16. The van der Waals surface area contributed by atoms with Crippen molar-refractivity contribution in [2.24, 2.45) is 7.05 Å². The van der Waals surface area contributed by atoms with Gasteiger partial charge >= 0.3 is 5.69 Å². The monoisotopic (exact) mass is 350 g/mol. The number of aromatic nitrogens is 4. The molecule has 0 N–H and O–H groups in total. The number of para-hydroxylation sites is 1. The van der Waals surface area contributed by atoms with Crippen LogP contribution < -0.4 is 10.4 Å². The Morgan fingerprint density at radius 2 is 1.92 bits per heavy atom. The molecule has 0 fully saturated rings. The van der Waals surface area contributed by atoms with Crippen LogP contribution in [0, 0.1) is 0 Å². The van der Waals surface area contributed by atoms with Crippen LogP contribution in [0.3, 0.4) is 0 Å². The second-order valence-electron chi connectivity index (χ2n) is 6.13. The highest BCUT2D eigenvalue weighted by Gasteiger charge is 2.16. The molecule has 3 aromatic rings. The van der Waals surface area contributed by atoms with Crippen molar-refractivity contribution in [2.45, 2.75) is 26.9 Å². The Bertz CT molecular complexity index is 1000. The third-order valence-electron chi connectivity index (χ3n) is 4.29. The van der Waals surface area contributed by atoms with E-state index in [9.17, 15) is 4.79 Å². The fraction of sp³-hybridized carbons (Fsp3) is 0.250. The summed E-state index contributed by atoms with van der Waals surface area (Å²) in [6.07, 6.45) is 0.884. The van der Waals surface area contributed by atoms with Crippen LogP contribution in [0.4, 0.5) is 0 Å². The smallest absolute Gasteiger partial charge is 0.368 e. The van der Waals surface area contributed by atoms with Crippen molar-refractivity contribution in [3.05, 3.63) is 76.2 Å². The summed E-state index contributed by atoms with van der Waals surface area (Å²) in [5.41, 5.74) is 4.17. The van der Waals surface area contributed by atoms with Crippen LogP contribution in [0.5, 0.6) is 5.75 Å². The molecule has 0 aliphatic carbocycles. The number of nitrogens with zero attached hydrogens (tertiary/aromatic N) is 4. The maximum atomic E-state index is 12.3. The molecular formula is C20H22N4O2. The second kappa shape index (κ2) is 7.39. The zero-order valence-electron chi connectivity index (χ0n) is 15.3. The summed E-state index contributed by atoms with van der Waals surface area (Å²) in [7, 11) is 1.57. The van der Waals surface area contributed by atoms with Crippen LogP contribution in [0.15, 0.2) is 53.8 Å². The summed E-state index contributed by atoms with van der Waals surface area (Å²) < 4.78 is 8.59. The Morgan fingerprint density at radius 1 is 1.15 bits per heavy atom. The fourth-order valence-corrected chi connectivity index (χ4v) is 2.88. The van der Waals surface area contributed by atoms with E-state index >= 15 is 0 Å². The maximum Gasteiger partial charge on any atom is 0.368 e. The van der Waals surface area contributed by atoms with Crippen molar-refractivity contribution < 1.29 is 4.74 Å². The Kier molecular flexibility index (Phi) is 5.02. The molecule has 0 aliphatic rings. The number of hydrogen-bond donors (Lipinski definition) is 0. The topological polar surface area (TPSA) is 61.9 Å². The molecule has 0 saturated carbocycles. The maximum absolute atomic E-state index is 12.3. The normalized spacial score (nSPS) is 10.7. The molecule has 0 unspecified atom stereocenters. The highest BCUT2D eigenvalue weighted by molar-refractivity contribution is 5.68. The second-order valence-corrected chi connectivity index (χ2v) is 6.13. The summed E-state index contributed by atoms with van der Waals surface area (Å²) >= 11 is 0. The molecule has 3 rings (SSSR count). The number of benzene rings is 2. The highest BCUT2D eigenvalue weighted by atomic mass is 16.5. The van der Waals surface area contributed by atoms with Gasteiger partial charge in [0.15, 0.2) is 0 Å². The molecule has 0 saturated heterocycles. The number of rotatable bonds is 6. The molecule has 26 heavy (non-hydrogen) atoms. The minimum Gasteiger partial charge on any atom is -0.489 e. The van der Waals surface area contributed by atoms with Crippen LogP contribution >= 0.6 is 0 Å². The summed E-state index contributed by atoms with van der Waals surface area (Å²) in [6, 6.07) is 13.6. The van der Waals surface area contributed by atoms with E-state index in [4.69, 9.17) is 4.74 Å². The average molecular weight is 350 g/mol. The van der Waals surface area contributed by atoms with Gasteiger partial charge in [-0.3, -0.25) is 0 Å². The van der Waals surface area contributed by atoms with Gasteiger partial charge < -0.3 is 4.74 Å². The molecule has 6 nitrogen and oxygen atoms in total. The molecule has 0 radical (unpaired) electrons. The highest BCUT2D eigenvalue weighted by Crippen LogP contribution is 2.26. The Hall–Kier alpha value is -3.15. The lowest BCUT2D eigenvalue weighted by atomic mass is 10.0. The summed E-state index contributed by atoms with van der Waals surface area (Å²) in [6.45, 7) is 8.38. The number of ether oxygens (including phenoxy) is 1. The van der Waals surface area contributed by atoms with Crippen LogP contribution in [-0.2, 0) is 20.1 Å². The van der Waals surface area contributed by atoms with E-state index in [1.807, 2.05) is 49.4 Å². The van der Waals surface area contributed by atoms with E-state index in [-0.39, 0.29) is 5.69 Å². The van der Waals surface area contributed by atoms with Gasteiger partial charge in [-0.2, -0.15) is 9.36 Å². The van der Waals surface area contributed by atoms with Gasteiger partial charge in [-0.15, -0.1) is 0 Å². The molecule has 0 bridgehead atoms. The molecule has 134 valence electrons. The van der Waals surface area contributed by atoms with Gasteiger partial charge in [0.1, 0.15) is 12.4 Å². The minimum absolute atomic E-state index is 0.304. The first-order valence-corrected chi connectivity index (χ1v) is 8.50. The Morgan fingerprint density at radius 3 is 2.58 bits per heavy atom. The van der Waals surface area contributed by atoms with Gasteiger partial charge in [0, 0.05) is 12.6 Å². The lowest BCUT2D eigenvalue weighted by molar-refractivity contribution is 0.302. The molecule has 0 spiro atoms. The van der Waals surface area contributed by atoms with Gasteiger partial charge in [-0.1, -0.05) is 49.4 Å². The predicted molar refractivity (Wildman–Crippen MR) is 101 cm³/mol. The van der Waals surface area contributed by atoms with E-state index in [1.165, 1.54) is 9.36 Å². The molecule has 0 aliphatic heterocycles. The van der Waals surface area contributed by atoms with E-state index in [0.29, 0.717) is 12.3 Å². The van der Waals surface area contributed by atoms with Crippen LogP contribution in [0.25, 0.3) is 11.3 Å². The first-order chi connectivity index (χ1) is 12.5. The lowest BCUT2D eigenvalue weighted by Crippen LogP contribution is -2.23. The van der Waals surface area contributed by atoms with E-state index in [0.717, 1.165) is 34.4 Å².